The Morgan fingerprint density at radius 2 is 1.16 bits per heavy atom. The van der Waals surface area contributed by atoms with Crippen LogP contribution in [0.4, 0.5) is 0 Å². The normalized spacial score (nSPS) is 11.2. The molecule has 0 saturated carbocycles. The Bertz CT molecular complexity index is 402. The summed E-state index contributed by atoms with van der Waals surface area (Å²) in [6, 6.07) is 8.76. The van der Waals surface area contributed by atoms with E-state index in [9.17, 15) is 0 Å². The first-order valence-electron chi connectivity index (χ1n) is 10.7. The standard InChI is InChI=1S/C23H41OP/c1-4-6-8-10-12-16-20-25(21-17-13-11-9-7-5-2)23-19-15-14-18-22(23)24-3/h14-15,18-19H,4-13,16-17,20-21H2,1-3H3. The van der Waals surface area contributed by atoms with Gasteiger partial charge in [-0.2, -0.15) is 0 Å². The summed E-state index contributed by atoms with van der Waals surface area (Å²) in [5, 5.41) is 1.50. The van der Waals surface area contributed by atoms with Crippen LogP contribution in [0.1, 0.15) is 90.9 Å². The average molecular weight is 365 g/mol. The lowest BCUT2D eigenvalue weighted by Crippen LogP contribution is -2.10. The Hall–Kier alpha value is -0.550. The summed E-state index contributed by atoms with van der Waals surface area (Å²) in [6.07, 6.45) is 19.5. The van der Waals surface area contributed by atoms with E-state index in [1.165, 1.54) is 94.7 Å². The highest BCUT2D eigenvalue weighted by Crippen LogP contribution is 2.40. The summed E-state index contributed by atoms with van der Waals surface area (Å²) in [5.74, 6) is 1.12. The van der Waals surface area contributed by atoms with E-state index in [1.807, 2.05) is 7.11 Å². The zero-order valence-corrected chi connectivity index (χ0v) is 18.0. The number of ether oxygens (including phenoxy) is 1. The molecule has 0 unspecified atom stereocenters. The lowest BCUT2D eigenvalue weighted by Gasteiger charge is -2.20. The number of benzene rings is 1. The topological polar surface area (TPSA) is 9.23 Å². The summed E-state index contributed by atoms with van der Waals surface area (Å²) < 4.78 is 5.66. The van der Waals surface area contributed by atoms with Gasteiger partial charge in [-0.15, -0.1) is 0 Å². The van der Waals surface area contributed by atoms with Gasteiger partial charge in [0.05, 0.1) is 7.11 Å². The molecule has 25 heavy (non-hydrogen) atoms. The quantitative estimate of drug-likeness (QED) is 0.218. The molecule has 0 N–H and O–H groups in total. The lowest BCUT2D eigenvalue weighted by atomic mass is 10.1. The second kappa shape index (κ2) is 15.7. The minimum absolute atomic E-state index is 0.0564. The van der Waals surface area contributed by atoms with E-state index in [2.05, 4.69) is 38.1 Å². The minimum Gasteiger partial charge on any atom is -0.496 e. The third kappa shape index (κ3) is 10.2. The van der Waals surface area contributed by atoms with Gasteiger partial charge in [-0.3, -0.25) is 0 Å². The van der Waals surface area contributed by atoms with Gasteiger partial charge in [-0.1, -0.05) is 104 Å². The second-order valence-electron chi connectivity index (χ2n) is 7.19. The van der Waals surface area contributed by atoms with Gasteiger partial charge in [-0.25, -0.2) is 0 Å². The fraction of sp³-hybridized carbons (Fsp3) is 0.739. The molecule has 1 aromatic rings. The second-order valence-corrected chi connectivity index (χ2v) is 9.65. The fourth-order valence-corrected chi connectivity index (χ4v) is 6.10. The van der Waals surface area contributed by atoms with Crippen molar-refractivity contribution in [3.63, 3.8) is 0 Å². The SMILES string of the molecule is CCCCCCCCP(CCCCCCCC)c1ccccc1OC. The zero-order chi connectivity index (χ0) is 18.2. The van der Waals surface area contributed by atoms with Crippen LogP contribution in [0.3, 0.4) is 0 Å². The summed E-state index contributed by atoms with van der Waals surface area (Å²) in [7, 11) is 1.76. The van der Waals surface area contributed by atoms with Crippen molar-refractivity contribution in [2.75, 3.05) is 19.4 Å². The van der Waals surface area contributed by atoms with Crippen molar-refractivity contribution in [1.82, 2.24) is 0 Å². The van der Waals surface area contributed by atoms with Gasteiger partial charge in [0, 0.05) is 5.30 Å². The van der Waals surface area contributed by atoms with Crippen LogP contribution >= 0.6 is 7.92 Å². The van der Waals surface area contributed by atoms with Crippen molar-refractivity contribution in [2.24, 2.45) is 0 Å². The van der Waals surface area contributed by atoms with Crippen molar-refractivity contribution in [3.05, 3.63) is 24.3 Å². The summed E-state index contributed by atoms with van der Waals surface area (Å²) >= 11 is 0. The monoisotopic (exact) mass is 364 g/mol. The molecule has 0 radical (unpaired) electrons. The molecular weight excluding hydrogens is 323 g/mol. The Balaban J connectivity index is 2.46. The molecular formula is C23H41OP. The zero-order valence-electron chi connectivity index (χ0n) is 17.1. The van der Waals surface area contributed by atoms with E-state index in [1.54, 1.807) is 0 Å². The molecule has 0 heterocycles. The molecule has 0 aliphatic carbocycles. The first kappa shape index (κ1) is 22.5. The first-order chi connectivity index (χ1) is 12.3. The molecule has 0 aliphatic rings. The minimum atomic E-state index is -0.0564. The Labute approximate surface area is 158 Å². The Morgan fingerprint density at radius 3 is 1.68 bits per heavy atom. The van der Waals surface area contributed by atoms with E-state index in [4.69, 9.17) is 4.74 Å². The predicted molar refractivity (Wildman–Crippen MR) is 116 cm³/mol. The summed E-state index contributed by atoms with van der Waals surface area (Å²) in [6.45, 7) is 4.59. The van der Waals surface area contributed by atoms with Crippen LogP contribution in [-0.4, -0.2) is 19.4 Å². The van der Waals surface area contributed by atoms with Gasteiger partial charge in [0.1, 0.15) is 5.75 Å². The van der Waals surface area contributed by atoms with E-state index in [-0.39, 0.29) is 7.92 Å². The highest BCUT2D eigenvalue weighted by molar-refractivity contribution is 7.65. The van der Waals surface area contributed by atoms with Gasteiger partial charge < -0.3 is 4.74 Å². The number of unbranched alkanes of at least 4 members (excludes halogenated alkanes) is 10. The maximum atomic E-state index is 5.66. The molecule has 0 aromatic heterocycles. The smallest absolute Gasteiger partial charge is 0.126 e. The average Bonchev–Trinajstić information content (AvgIpc) is 2.65. The predicted octanol–water partition coefficient (Wildman–Crippen LogP) is 7.52. The number of hydrogen-bond acceptors (Lipinski definition) is 1. The molecule has 1 aromatic carbocycles. The number of methoxy groups -OCH3 is 1. The molecule has 1 rings (SSSR count). The molecule has 0 bridgehead atoms. The molecule has 0 spiro atoms. The van der Waals surface area contributed by atoms with Gasteiger partial charge in [0.15, 0.2) is 0 Å². The van der Waals surface area contributed by atoms with Crippen LogP contribution in [0.5, 0.6) is 5.75 Å². The maximum Gasteiger partial charge on any atom is 0.126 e. The Morgan fingerprint density at radius 1 is 0.680 bits per heavy atom. The summed E-state index contributed by atoms with van der Waals surface area (Å²) in [5.41, 5.74) is 0. The third-order valence-corrected chi connectivity index (χ3v) is 7.75. The van der Waals surface area contributed by atoms with Gasteiger partial charge in [-0.05, 0) is 31.2 Å². The summed E-state index contributed by atoms with van der Waals surface area (Å²) in [4.78, 5) is 0. The van der Waals surface area contributed by atoms with Crippen LogP contribution in [0.25, 0.3) is 0 Å². The molecule has 0 fully saturated rings. The molecule has 1 nitrogen and oxygen atoms in total. The number of para-hydroxylation sites is 1. The van der Waals surface area contributed by atoms with Gasteiger partial charge in [0.25, 0.3) is 0 Å². The van der Waals surface area contributed by atoms with E-state index >= 15 is 0 Å². The van der Waals surface area contributed by atoms with Crippen molar-refractivity contribution in [3.8, 4) is 5.75 Å². The van der Waals surface area contributed by atoms with Crippen molar-refractivity contribution in [1.29, 1.82) is 0 Å². The van der Waals surface area contributed by atoms with Crippen molar-refractivity contribution in [2.45, 2.75) is 90.9 Å². The fourth-order valence-electron chi connectivity index (χ4n) is 3.41. The van der Waals surface area contributed by atoms with E-state index in [0.29, 0.717) is 0 Å². The number of rotatable bonds is 16. The third-order valence-electron chi connectivity index (χ3n) is 4.99. The number of hydrogen-bond donors (Lipinski definition) is 0. The molecule has 0 saturated heterocycles. The van der Waals surface area contributed by atoms with Gasteiger partial charge >= 0.3 is 0 Å². The molecule has 0 amide bonds. The highest BCUT2D eigenvalue weighted by atomic mass is 31.1. The van der Waals surface area contributed by atoms with E-state index in [0.717, 1.165) is 5.75 Å². The van der Waals surface area contributed by atoms with Crippen LogP contribution in [0.2, 0.25) is 0 Å². The largest absolute Gasteiger partial charge is 0.496 e. The molecule has 144 valence electrons. The van der Waals surface area contributed by atoms with Crippen LogP contribution in [0, 0.1) is 0 Å². The Kier molecular flexibility index (Phi) is 14.1. The van der Waals surface area contributed by atoms with E-state index < -0.39 is 0 Å². The van der Waals surface area contributed by atoms with Gasteiger partial charge in [0.2, 0.25) is 0 Å². The van der Waals surface area contributed by atoms with Crippen LogP contribution in [0.15, 0.2) is 24.3 Å². The van der Waals surface area contributed by atoms with Crippen LogP contribution in [-0.2, 0) is 0 Å². The maximum absolute atomic E-state index is 5.66. The van der Waals surface area contributed by atoms with Crippen molar-refractivity contribution < 1.29 is 4.74 Å². The molecule has 0 aliphatic heterocycles. The molecule has 0 atom stereocenters. The molecule has 2 heteroatoms. The first-order valence-corrected chi connectivity index (χ1v) is 12.4. The lowest BCUT2D eigenvalue weighted by molar-refractivity contribution is 0.418. The van der Waals surface area contributed by atoms with Crippen LogP contribution < -0.4 is 10.0 Å². The van der Waals surface area contributed by atoms with Crippen molar-refractivity contribution >= 4 is 13.2 Å². The highest BCUT2D eigenvalue weighted by Gasteiger charge is 2.14.